The predicted molar refractivity (Wildman–Crippen MR) is 174 cm³/mol. The van der Waals surface area contributed by atoms with Gasteiger partial charge in [0.05, 0.1) is 18.9 Å². The second-order valence-electron chi connectivity index (χ2n) is 10.5. The molecule has 6 heteroatoms. The molecule has 39 heavy (non-hydrogen) atoms. The highest BCUT2D eigenvalue weighted by Gasteiger charge is 2.15. The summed E-state index contributed by atoms with van der Waals surface area (Å²) in [5.74, 6) is 1.77. The number of benzene rings is 2. The minimum absolute atomic E-state index is 0. The third kappa shape index (κ3) is 12.9. The Morgan fingerprint density at radius 3 is 2.08 bits per heavy atom. The largest absolute Gasteiger partial charge is 0.493 e. The van der Waals surface area contributed by atoms with Gasteiger partial charge < -0.3 is 15.0 Å². The molecule has 0 saturated heterocycles. The summed E-state index contributed by atoms with van der Waals surface area (Å²) in [7, 11) is 0. The average molecular weight is 618 g/mol. The maximum atomic E-state index is 13.0. The number of nitrogens with one attached hydrogen (secondary N) is 1. The molecule has 3 rings (SSSR count). The fourth-order valence-electron chi connectivity index (χ4n) is 4.86. The van der Waals surface area contributed by atoms with Gasteiger partial charge in [-0.05, 0) is 36.4 Å². The average Bonchev–Trinajstić information content (AvgIpc) is 3.33. The number of anilines is 1. The summed E-state index contributed by atoms with van der Waals surface area (Å²) in [5.41, 5.74) is 4.23. The van der Waals surface area contributed by atoms with Gasteiger partial charge >= 0.3 is 0 Å². The molecular weight excluding hydrogens is 568 g/mol. The van der Waals surface area contributed by atoms with Crippen molar-refractivity contribution in [3.8, 4) is 5.75 Å². The highest BCUT2D eigenvalue weighted by Crippen LogP contribution is 2.27. The van der Waals surface area contributed by atoms with Crippen LogP contribution < -0.4 is 10.1 Å². The smallest absolute Gasteiger partial charge is 0.228 e. The van der Waals surface area contributed by atoms with Crippen molar-refractivity contribution in [2.24, 2.45) is 0 Å². The van der Waals surface area contributed by atoms with E-state index < -0.39 is 0 Å². The summed E-state index contributed by atoms with van der Waals surface area (Å²) in [4.78, 5) is 15.3. The molecule has 2 aromatic carbocycles. The summed E-state index contributed by atoms with van der Waals surface area (Å²) in [6.07, 6.45) is 16.3. The quantitative estimate of drug-likeness (QED) is 0.159. The molecule has 0 atom stereocenters. The van der Waals surface area contributed by atoms with Crippen LogP contribution in [0, 0.1) is 0 Å². The first kappa shape index (κ1) is 33.3. The zero-order valence-corrected chi connectivity index (χ0v) is 26.6. The minimum Gasteiger partial charge on any atom is -0.493 e. The number of unbranched alkanes of at least 4 members (excludes halogenated alkanes) is 11. The monoisotopic (exact) mass is 616 g/mol. The van der Waals surface area contributed by atoms with Crippen LogP contribution in [0.3, 0.4) is 0 Å². The maximum Gasteiger partial charge on any atom is 0.228 e. The number of allylic oxidation sites excluding steroid dienone is 1. The topological polar surface area (TPSA) is 41.6 Å². The van der Waals surface area contributed by atoms with E-state index in [1.807, 2.05) is 54.2 Å². The Kier molecular flexibility index (Phi) is 17.1. The Bertz CT molecular complexity index is 997. The number of hydrogen-bond donors (Lipinski definition) is 1. The van der Waals surface area contributed by atoms with Crippen LogP contribution in [-0.4, -0.2) is 23.3 Å². The van der Waals surface area contributed by atoms with E-state index in [0.717, 1.165) is 41.4 Å². The molecule has 1 heterocycles. The predicted octanol–water partition coefficient (Wildman–Crippen LogP) is 9.89. The van der Waals surface area contributed by atoms with Crippen molar-refractivity contribution in [1.82, 2.24) is 4.90 Å². The number of rotatable bonds is 19. The van der Waals surface area contributed by atoms with Gasteiger partial charge in [-0.1, -0.05) is 114 Å². The van der Waals surface area contributed by atoms with Gasteiger partial charge in [0.1, 0.15) is 5.75 Å². The first-order valence-corrected chi connectivity index (χ1v) is 15.8. The van der Waals surface area contributed by atoms with Crippen LogP contribution in [0.1, 0.15) is 102 Å². The van der Waals surface area contributed by atoms with Crippen molar-refractivity contribution in [3.63, 3.8) is 0 Å². The highest BCUT2D eigenvalue weighted by molar-refractivity contribution is 8.93. The van der Waals surface area contributed by atoms with Crippen LogP contribution in [-0.2, 0) is 17.8 Å². The number of thioether (sulfide) groups is 1. The molecule has 1 aliphatic rings. The number of amides is 1. The number of ether oxygens (including phenoxy) is 1. The van der Waals surface area contributed by atoms with Crippen LogP contribution >= 0.6 is 28.7 Å². The zero-order valence-electron chi connectivity index (χ0n) is 24.1. The lowest BCUT2D eigenvalue weighted by atomic mass is 10.1. The van der Waals surface area contributed by atoms with Gasteiger partial charge in [-0.3, -0.25) is 4.79 Å². The molecule has 0 spiro atoms. The SMILES string of the molecule is Br.CCCCCCCCCCCCCCOc1ccccc1CC(=O)Nc1ccccc1CN1CSC=C1C. The van der Waals surface area contributed by atoms with Crippen molar-refractivity contribution in [3.05, 3.63) is 70.8 Å². The fraction of sp³-hybridized carbons (Fsp3) is 0.545. The molecule has 0 fully saturated rings. The first-order chi connectivity index (χ1) is 18.7. The van der Waals surface area contributed by atoms with E-state index in [1.165, 1.54) is 76.3 Å². The number of carbonyl (C=O) groups excluding carboxylic acids is 1. The van der Waals surface area contributed by atoms with Gasteiger partial charge in [-0.25, -0.2) is 0 Å². The Morgan fingerprint density at radius 1 is 0.846 bits per heavy atom. The second-order valence-corrected chi connectivity index (χ2v) is 11.3. The summed E-state index contributed by atoms with van der Waals surface area (Å²) in [6.45, 7) is 5.91. The lowest BCUT2D eigenvalue weighted by molar-refractivity contribution is -0.115. The van der Waals surface area contributed by atoms with Gasteiger partial charge in [0.25, 0.3) is 0 Å². The first-order valence-electron chi connectivity index (χ1n) is 14.8. The van der Waals surface area contributed by atoms with E-state index in [1.54, 1.807) is 0 Å². The standard InChI is InChI=1S/C33H48N2O2S.BrH/c1-3-4-5-6-7-8-9-10-11-12-13-18-23-37-32-22-17-15-19-29(32)24-33(36)34-31-21-16-14-20-30(31)25-35-27-38-26-28(35)2;/h14-17,19-22,26H,3-13,18,23-25,27H2,1-2H3,(H,34,36);1H. The summed E-state index contributed by atoms with van der Waals surface area (Å²) >= 11 is 1.81. The van der Waals surface area contributed by atoms with E-state index in [-0.39, 0.29) is 22.9 Å². The number of para-hydroxylation sites is 2. The van der Waals surface area contributed by atoms with Gasteiger partial charge in [0.15, 0.2) is 0 Å². The molecule has 0 bridgehead atoms. The third-order valence-corrected chi connectivity index (χ3v) is 8.18. The van der Waals surface area contributed by atoms with E-state index in [4.69, 9.17) is 4.74 Å². The summed E-state index contributed by atoms with van der Waals surface area (Å²) in [5, 5.41) is 5.33. The van der Waals surface area contributed by atoms with Gasteiger partial charge in [0, 0.05) is 23.5 Å². The Morgan fingerprint density at radius 2 is 1.44 bits per heavy atom. The van der Waals surface area contributed by atoms with Crippen LogP contribution in [0.25, 0.3) is 0 Å². The van der Waals surface area contributed by atoms with Crippen molar-refractivity contribution in [2.45, 2.75) is 104 Å². The molecule has 0 saturated carbocycles. The number of nitrogens with zero attached hydrogens (tertiary/aromatic N) is 1. The molecule has 0 radical (unpaired) electrons. The Hall–Kier alpha value is -1.92. The number of hydrogen-bond acceptors (Lipinski definition) is 4. The van der Waals surface area contributed by atoms with Crippen molar-refractivity contribution in [2.75, 3.05) is 17.8 Å². The zero-order chi connectivity index (χ0) is 26.8. The van der Waals surface area contributed by atoms with Crippen LogP contribution in [0.5, 0.6) is 5.75 Å². The Balaban J connectivity index is 0.00000533. The molecule has 0 aromatic heterocycles. The normalized spacial score (nSPS) is 12.7. The van der Waals surface area contributed by atoms with Crippen LogP contribution in [0.15, 0.2) is 59.6 Å². The molecule has 4 nitrogen and oxygen atoms in total. The van der Waals surface area contributed by atoms with Crippen molar-refractivity contribution in [1.29, 1.82) is 0 Å². The fourth-order valence-corrected chi connectivity index (χ4v) is 5.80. The second kappa shape index (κ2) is 20.0. The molecule has 0 aliphatic carbocycles. The number of halogens is 1. The van der Waals surface area contributed by atoms with Gasteiger partial charge in [0.2, 0.25) is 5.91 Å². The van der Waals surface area contributed by atoms with Crippen molar-refractivity contribution < 1.29 is 9.53 Å². The highest BCUT2D eigenvalue weighted by atomic mass is 79.9. The molecule has 216 valence electrons. The van der Waals surface area contributed by atoms with E-state index in [9.17, 15) is 4.79 Å². The van der Waals surface area contributed by atoms with Gasteiger partial charge in [-0.2, -0.15) is 0 Å². The van der Waals surface area contributed by atoms with Crippen LogP contribution in [0.4, 0.5) is 5.69 Å². The minimum atomic E-state index is -0.0121. The molecule has 2 aromatic rings. The number of carbonyl (C=O) groups is 1. The lowest BCUT2D eigenvalue weighted by Crippen LogP contribution is -2.20. The van der Waals surface area contributed by atoms with Gasteiger partial charge in [-0.15, -0.1) is 28.7 Å². The van der Waals surface area contributed by atoms with E-state index in [0.29, 0.717) is 13.0 Å². The summed E-state index contributed by atoms with van der Waals surface area (Å²) in [6, 6.07) is 16.0. The van der Waals surface area contributed by atoms with E-state index >= 15 is 0 Å². The molecular formula is C33H49BrN2O2S. The third-order valence-electron chi connectivity index (χ3n) is 7.21. The Labute approximate surface area is 252 Å². The van der Waals surface area contributed by atoms with Crippen molar-refractivity contribution >= 4 is 40.3 Å². The maximum absolute atomic E-state index is 13.0. The van der Waals surface area contributed by atoms with Crippen LogP contribution in [0.2, 0.25) is 0 Å². The molecule has 1 N–H and O–H groups in total. The molecule has 0 unspecified atom stereocenters. The molecule has 1 amide bonds. The van der Waals surface area contributed by atoms with E-state index in [2.05, 4.69) is 35.5 Å². The molecule has 1 aliphatic heterocycles. The summed E-state index contributed by atoms with van der Waals surface area (Å²) < 4.78 is 6.11. The lowest BCUT2D eigenvalue weighted by Gasteiger charge is -2.21.